The van der Waals surface area contributed by atoms with Crippen LogP contribution in [-0.4, -0.2) is 26.3 Å². The Labute approximate surface area is 76.0 Å². The lowest BCUT2D eigenvalue weighted by atomic mass is 9.95. The molecule has 0 rings (SSSR count). The first-order valence-electron chi connectivity index (χ1n) is 4.40. The van der Waals surface area contributed by atoms with Gasteiger partial charge in [-0.3, -0.25) is 0 Å². The van der Waals surface area contributed by atoms with Gasteiger partial charge >= 0.3 is 0 Å². The minimum atomic E-state index is 0.215. The van der Waals surface area contributed by atoms with Gasteiger partial charge in [-0.15, -0.1) is 0 Å². The van der Waals surface area contributed by atoms with Crippen LogP contribution in [0.3, 0.4) is 0 Å². The van der Waals surface area contributed by atoms with E-state index in [1.165, 1.54) is 0 Å². The van der Waals surface area contributed by atoms with Gasteiger partial charge in [0.1, 0.15) is 0 Å². The van der Waals surface area contributed by atoms with Gasteiger partial charge in [-0.2, -0.15) is 0 Å². The highest BCUT2D eigenvalue weighted by Gasteiger charge is 2.22. The molecule has 0 aromatic carbocycles. The summed E-state index contributed by atoms with van der Waals surface area (Å²) in [7, 11) is 3.69. The number of methoxy groups -OCH3 is 1. The molecule has 0 bridgehead atoms. The van der Waals surface area contributed by atoms with Crippen molar-refractivity contribution >= 4 is 0 Å². The number of hydrogen-bond acceptors (Lipinski definition) is 2. The largest absolute Gasteiger partial charge is 0.379 e. The molecular weight excluding hydrogens is 150 g/mol. The fourth-order valence-corrected chi connectivity index (χ4v) is 1.48. The summed E-state index contributed by atoms with van der Waals surface area (Å²) in [6.45, 7) is 10.3. The summed E-state index contributed by atoms with van der Waals surface area (Å²) in [5, 5.41) is 3.21. The lowest BCUT2D eigenvalue weighted by Gasteiger charge is -2.29. The van der Waals surface area contributed by atoms with Crippen molar-refractivity contribution in [3.63, 3.8) is 0 Å². The molecule has 0 saturated heterocycles. The van der Waals surface area contributed by atoms with Crippen LogP contribution in [0.2, 0.25) is 0 Å². The topological polar surface area (TPSA) is 21.3 Å². The standard InChI is InChI=1S/C10H21NO/c1-7(2)9(11-5)10(12-6)8(3)4/h8-11H,1H2,2-6H3. The van der Waals surface area contributed by atoms with E-state index in [-0.39, 0.29) is 12.1 Å². The van der Waals surface area contributed by atoms with E-state index in [9.17, 15) is 0 Å². The van der Waals surface area contributed by atoms with Crippen molar-refractivity contribution in [3.8, 4) is 0 Å². The first kappa shape index (κ1) is 11.7. The second kappa shape index (κ2) is 5.33. The van der Waals surface area contributed by atoms with E-state index in [0.717, 1.165) is 5.57 Å². The van der Waals surface area contributed by atoms with E-state index in [0.29, 0.717) is 5.92 Å². The Morgan fingerprint density at radius 1 is 1.42 bits per heavy atom. The zero-order valence-corrected chi connectivity index (χ0v) is 8.85. The fourth-order valence-electron chi connectivity index (χ4n) is 1.48. The molecular formula is C10H21NO. The average Bonchev–Trinajstić information content (AvgIpc) is 1.98. The normalized spacial score (nSPS) is 16.2. The van der Waals surface area contributed by atoms with Crippen LogP contribution in [0.4, 0.5) is 0 Å². The number of ether oxygens (including phenoxy) is 1. The first-order chi connectivity index (χ1) is 5.54. The average molecular weight is 171 g/mol. The molecule has 0 spiro atoms. The first-order valence-corrected chi connectivity index (χ1v) is 4.40. The molecule has 0 radical (unpaired) electrons. The Morgan fingerprint density at radius 2 is 1.92 bits per heavy atom. The second-order valence-electron chi connectivity index (χ2n) is 3.56. The van der Waals surface area contributed by atoms with Crippen LogP contribution >= 0.6 is 0 Å². The SMILES string of the molecule is C=C(C)C(NC)C(OC)C(C)C. The predicted molar refractivity (Wildman–Crippen MR) is 53.3 cm³/mol. The molecule has 0 heterocycles. The van der Waals surface area contributed by atoms with Crippen LogP contribution in [0.15, 0.2) is 12.2 Å². The maximum absolute atomic E-state index is 5.40. The highest BCUT2D eigenvalue weighted by atomic mass is 16.5. The van der Waals surface area contributed by atoms with Crippen LogP contribution in [0, 0.1) is 5.92 Å². The lowest BCUT2D eigenvalue weighted by molar-refractivity contribution is 0.0451. The van der Waals surface area contributed by atoms with Gasteiger partial charge in [0.2, 0.25) is 0 Å². The molecule has 2 unspecified atom stereocenters. The minimum Gasteiger partial charge on any atom is -0.379 e. The summed E-state index contributed by atoms with van der Waals surface area (Å²) in [5.74, 6) is 0.504. The molecule has 0 aromatic heterocycles. The fraction of sp³-hybridized carbons (Fsp3) is 0.800. The van der Waals surface area contributed by atoms with Crippen molar-refractivity contribution in [2.45, 2.75) is 32.9 Å². The monoisotopic (exact) mass is 171 g/mol. The smallest absolute Gasteiger partial charge is 0.0785 e. The van der Waals surface area contributed by atoms with Gasteiger partial charge in [-0.05, 0) is 19.9 Å². The van der Waals surface area contributed by atoms with Crippen LogP contribution in [-0.2, 0) is 4.74 Å². The highest BCUT2D eigenvalue weighted by Crippen LogP contribution is 2.14. The van der Waals surface area contributed by atoms with E-state index in [2.05, 4.69) is 25.7 Å². The summed E-state index contributed by atoms with van der Waals surface area (Å²) in [6, 6.07) is 0.259. The summed E-state index contributed by atoms with van der Waals surface area (Å²) < 4.78 is 5.40. The number of rotatable bonds is 5. The molecule has 12 heavy (non-hydrogen) atoms. The third kappa shape index (κ3) is 2.95. The quantitative estimate of drug-likeness (QED) is 0.637. The van der Waals surface area contributed by atoms with Gasteiger partial charge in [0.15, 0.2) is 0 Å². The molecule has 72 valence electrons. The summed E-state index contributed by atoms with van der Waals surface area (Å²) >= 11 is 0. The molecule has 0 amide bonds. The zero-order chi connectivity index (χ0) is 9.72. The van der Waals surface area contributed by atoms with Crippen molar-refractivity contribution < 1.29 is 4.74 Å². The van der Waals surface area contributed by atoms with E-state index in [4.69, 9.17) is 4.74 Å². The molecule has 0 aliphatic heterocycles. The Hall–Kier alpha value is -0.340. The second-order valence-corrected chi connectivity index (χ2v) is 3.56. The molecule has 2 heteroatoms. The Morgan fingerprint density at radius 3 is 2.00 bits per heavy atom. The molecule has 0 aromatic rings. The predicted octanol–water partition coefficient (Wildman–Crippen LogP) is 1.82. The van der Waals surface area contributed by atoms with Gasteiger partial charge in [-0.25, -0.2) is 0 Å². The van der Waals surface area contributed by atoms with Gasteiger partial charge in [0.05, 0.1) is 12.1 Å². The third-order valence-corrected chi connectivity index (χ3v) is 2.10. The van der Waals surface area contributed by atoms with Crippen molar-refractivity contribution in [2.75, 3.05) is 14.2 Å². The summed E-state index contributed by atoms with van der Waals surface area (Å²) in [4.78, 5) is 0. The van der Waals surface area contributed by atoms with Gasteiger partial charge in [0, 0.05) is 7.11 Å². The highest BCUT2D eigenvalue weighted by molar-refractivity contribution is 5.05. The van der Waals surface area contributed by atoms with Crippen molar-refractivity contribution in [2.24, 2.45) is 5.92 Å². The summed E-state index contributed by atoms with van der Waals surface area (Å²) in [6.07, 6.45) is 0.215. The molecule has 2 nitrogen and oxygen atoms in total. The Kier molecular flexibility index (Phi) is 5.18. The van der Waals surface area contributed by atoms with Gasteiger partial charge < -0.3 is 10.1 Å². The molecule has 2 atom stereocenters. The van der Waals surface area contributed by atoms with Crippen molar-refractivity contribution in [1.82, 2.24) is 5.32 Å². The number of nitrogens with one attached hydrogen (secondary N) is 1. The van der Waals surface area contributed by atoms with Crippen LogP contribution in [0.25, 0.3) is 0 Å². The van der Waals surface area contributed by atoms with Crippen molar-refractivity contribution in [3.05, 3.63) is 12.2 Å². The third-order valence-electron chi connectivity index (χ3n) is 2.10. The van der Waals surface area contributed by atoms with Gasteiger partial charge in [0.25, 0.3) is 0 Å². The molecule has 0 fully saturated rings. The minimum absolute atomic E-state index is 0.215. The molecule has 1 N–H and O–H groups in total. The maximum Gasteiger partial charge on any atom is 0.0785 e. The van der Waals surface area contributed by atoms with Crippen LogP contribution < -0.4 is 5.32 Å². The number of likely N-dealkylation sites (N-methyl/N-ethyl adjacent to an activating group) is 1. The van der Waals surface area contributed by atoms with E-state index in [1.807, 2.05) is 14.0 Å². The van der Waals surface area contributed by atoms with Crippen LogP contribution in [0.5, 0.6) is 0 Å². The number of hydrogen-bond donors (Lipinski definition) is 1. The molecule has 0 saturated carbocycles. The maximum atomic E-state index is 5.40. The molecule has 0 aliphatic carbocycles. The van der Waals surface area contributed by atoms with E-state index >= 15 is 0 Å². The van der Waals surface area contributed by atoms with Crippen molar-refractivity contribution in [1.29, 1.82) is 0 Å². The zero-order valence-electron chi connectivity index (χ0n) is 8.85. The van der Waals surface area contributed by atoms with E-state index in [1.54, 1.807) is 7.11 Å². The van der Waals surface area contributed by atoms with E-state index < -0.39 is 0 Å². The lowest BCUT2D eigenvalue weighted by Crippen LogP contribution is -2.42. The Bertz CT molecular complexity index is 143. The van der Waals surface area contributed by atoms with Crippen LogP contribution in [0.1, 0.15) is 20.8 Å². The molecule has 0 aliphatic rings. The Balaban J connectivity index is 4.33. The summed E-state index contributed by atoms with van der Waals surface area (Å²) in [5.41, 5.74) is 1.12. The van der Waals surface area contributed by atoms with Gasteiger partial charge in [-0.1, -0.05) is 26.0 Å².